The summed E-state index contributed by atoms with van der Waals surface area (Å²) in [6.07, 6.45) is 7.97. The average Bonchev–Trinajstić information content (AvgIpc) is 3.24. The normalized spacial score (nSPS) is 23.4. The highest BCUT2D eigenvalue weighted by Gasteiger charge is 2.37. The van der Waals surface area contributed by atoms with Crippen LogP contribution < -0.4 is 5.73 Å². The van der Waals surface area contributed by atoms with Crippen LogP contribution in [0.15, 0.2) is 29.3 Å². The van der Waals surface area contributed by atoms with Gasteiger partial charge in [-0.2, -0.15) is 4.99 Å². The number of nitrogens with zero attached hydrogens (tertiary/aromatic N) is 2. The summed E-state index contributed by atoms with van der Waals surface area (Å²) in [4.78, 5) is 17.3. The lowest BCUT2D eigenvalue weighted by molar-refractivity contribution is 0.199. The Morgan fingerprint density at radius 3 is 2.50 bits per heavy atom. The maximum absolute atomic E-state index is 11.9. The van der Waals surface area contributed by atoms with Gasteiger partial charge in [0.15, 0.2) is 0 Å². The number of carbonyl (C=O) groups excluding carboxylic acids is 1. The van der Waals surface area contributed by atoms with Gasteiger partial charge in [-0.1, -0.05) is 30.2 Å². The largest absolute Gasteiger partial charge is 0.385 e. The van der Waals surface area contributed by atoms with Crippen LogP contribution in [0.2, 0.25) is 0 Å². The Balaban J connectivity index is 1.91. The number of carbonyl (C=O) groups is 1. The van der Waals surface area contributed by atoms with Gasteiger partial charge in [0.05, 0.1) is 6.04 Å². The zero-order valence-corrected chi connectivity index (χ0v) is 11.4. The molecule has 3 rings (SSSR count). The van der Waals surface area contributed by atoms with Gasteiger partial charge >= 0.3 is 6.03 Å². The fourth-order valence-electron chi connectivity index (χ4n) is 2.65. The summed E-state index contributed by atoms with van der Waals surface area (Å²) < 4.78 is 0. The molecule has 0 saturated heterocycles. The van der Waals surface area contributed by atoms with Gasteiger partial charge in [0.25, 0.3) is 0 Å². The van der Waals surface area contributed by atoms with Gasteiger partial charge < -0.3 is 5.73 Å². The van der Waals surface area contributed by atoms with Gasteiger partial charge in [0.2, 0.25) is 0 Å². The smallest absolute Gasteiger partial charge is 0.347 e. The molecule has 2 unspecified atom stereocenters. The second-order valence-electron chi connectivity index (χ2n) is 5.41. The number of nitrogens with two attached hydrogens (primary N) is 1. The summed E-state index contributed by atoms with van der Waals surface area (Å²) in [5.41, 5.74) is 8.23. The Hall–Kier alpha value is -2.28. The molecule has 20 heavy (non-hydrogen) atoms. The molecule has 1 aromatic rings. The number of benzene rings is 1. The molecule has 2 atom stereocenters. The van der Waals surface area contributed by atoms with Crippen molar-refractivity contribution in [1.29, 1.82) is 0 Å². The lowest BCUT2D eigenvalue weighted by atomic mass is 10.0. The number of rotatable bonds is 3. The molecule has 0 aromatic heterocycles. The average molecular weight is 267 g/mol. The van der Waals surface area contributed by atoms with E-state index in [2.05, 4.69) is 23.0 Å². The van der Waals surface area contributed by atoms with E-state index in [-0.39, 0.29) is 18.1 Å². The summed E-state index contributed by atoms with van der Waals surface area (Å²) in [7, 11) is 0. The van der Waals surface area contributed by atoms with Crippen molar-refractivity contribution in [3.63, 3.8) is 0 Å². The first-order valence-electron chi connectivity index (χ1n) is 6.84. The molecule has 1 aliphatic carbocycles. The summed E-state index contributed by atoms with van der Waals surface area (Å²) in [5, 5.41) is 0. The number of aliphatic imine (C=N–C) groups is 1. The van der Waals surface area contributed by atoms with E-state index in [0.29, 0.717) is 11.8 Å². The van der Waals surface area contributed by atoms with Crippen LogP contribution in [0.25, 0.3) is 0 Å². The fraction of sp³-hybridized carbons (Fsp3) is 0.375. The molecule has 0 bridgehead atoms. The first kappa shape index (κ1) is 12.7. The molecule has 4 heteroatoms. The van der Waals surface area contributed by atoms with Gasteiger partial charge in [-0.3, -0.25) is 4.90 Å². The Kier molecular flexibility index (Phi) is 2.98. The van der Waals surface area contributed by atoms with Gasteiger partial charge in [0.1, 0.15) is 11.9 Å². The third-order valence-electron chi connectivity index (χ3n) is 3.96. The van der Waals surface area contributed by atoms with Crippen molar-refractivity contribution in [3.05, 3.63) is 35.4 Å². The molecule has 4 nitrogen and oxygen atoms in total. The van der Waals surface area contributed by atoms with Crippen LogP contribution in [-0.4, -0.2) is 22.8 Å². The van der Waals surface area contributed by atoms with Gasteiger partial charge in [-0.15, -0.1) is 6.42 Å². The summed E-state index contributed by atoms with van der Waals surface area (Å²) >= 11 is 0. The van der Waals surface area contributed by atoms with Crippen molar-refractivity contribution >= 4 is 11.9 Å². The van der Waals surface area contributed by atoms with Gasteiger partial charge in [-0.25, -0.2) is 4.79 Å². The highest BCUT2D eigenvalue weighted by atomic mass is 16.2. The molecular formula is C16H17N3O. The Labute approximate surface area is 118 Å². The summed E-state index contributed by atoms with van der Waals surface area (Å²) in [5.74, 6) is 3.60. The Morgan fingerprint density at radius 2 is 1.95 bits per heavy atom. The minimum Gasteiger partial charge on any atom is -0.385 e. The van der Waals surface area contributed by atoms with E-state index in [1.165, 1.54) is 18.4 Å². The maximum atomic E-state index is 11.9. The zero-order valence-electron chi connectivity index (χ0n) is 11.4. The lowest BCUT2D eigenvalue weighted by Gasteiger charge is -2.27. The van der Waals surface area contributed by atoms with Crippen LogP contribution in [-0.2, 0) is 0 Å². The quantitative estimate of drug-likeness (QED) is 0.855. The highest BCUT2D eigenvalue weighted by Crippen LogP contribution is 2.40. The monoisotopic (exact) mass is 267 g/mol. The van der Waals surface area contributed by atoms with Crippen molar-refractivity contribution in [2.45, 2.75) is 37.8 Å². The predicted octanol–water partition coefficient (Wildman–Crippen LogP) is 2.42. The highest BCUT2D eigenvalue weighted by molar-refractivity contribution is 6.03. The van der Waals surface area contributed by atoms with Crippen molar-refractivity contribution in [2.75, 3.05) is 0 Å². The van der Waals surface area contributed by atoms with E-state index in [9.17, 15) is 4.79 Å². The van der Waals surface area contributed by atoms with Crippen LogP contribution in [0, 0.1) is 12.3 Å². The molecule has 1 aromatic carbocycles. The van der Waals surface area contributed by atoms with Crippen molar-refractivity contribution < 1.29 is 4.79 Å². The molecule has 2 N–H and O–H groups in total. The molecule has 0 spiro atoms. The van der Waals surface area contributed by atoms with Crippen LogP contribution in [0.4, 0.5) is 4.79 Å². The second-order valence-corrected chi connectivity index (χ2v) is 5.41. The Morgan fingerprint density at radius 1 is 1.35 bits per heavy atom. The number of terminal acetylenes is 1. The standard InChI is InChI=1S/C16H17N3O/c1-3-10(2)19-14(15(17)18-16(19)20)13-8-6-12(7-9-13)11-4-5-11/h1,6-11,14H,4-5H2,2H3,(H2,17,18,20). The van der Waals surface area contributed by atoms with Crippen LogP contribution in [0.1, 0.15) is 42.9 Å². The molecule has 1 aliphatic heterocycles. The predicted molar refractivity (Wildman–Crippen MR) is 78.3 cm³/mol. The maximum Gasteiger partial charge on any atom is 0.347 e. The number of hydrogen-bond acceptors (Lipinski definition) is 2. The molecule has 1 fully saturated rings. The van der Waals surface area contributed by atoms with E-state index in [4.69, 9.17) is 12.2 Å². The summed E-state index contributed by atoms with van der Waals surface area (Å²) in [6.45, 7) is 1.80. The minimum atomic E-state index is -0.357. The fourth-order valence-corrected chi connectivity index (χ4v) is 2.65. The van der Waals surface area contributed by atoms with Crippen molar-refractivity contribution in [2.24, 2.45) is 10.7 Å². The topological polar surface area (TPSA) is 58.7 Å². The lowest BCUT2D eigenvalue weighted by Crippen LogP contribution is -2.38. The third-order valence-corrected chi connectivity index (χ3v) is 3.96. The van der Waals surface area contributed by atoms with Crippen LogP contribution in [0.5, 0.6) is 0 Å². The van der Waals surface area contributed by atoms with E-state index >= 15 is 0 Å². The van der Waals surface area contributed by atoms with Crippen LogP contribution >= 0.6 is 0 Å². The minimum absolute atomic E-state index is 0.316. The number of hydrogen-bond donors (Lipinski definition) is 1. The molecule has 102 valence electrons. The first-order valence-corrected chi connectivity index (χ1v) is 6.84. The third kappa shape index (κ3) is 2.05. The molecule has 1 heterocycles. The number of urea groups is 1. The molecular weight excluding hydrogens is 250 g/mol. The first-order chi connectivity index (χ1) is 9.61. The van der Waals surface area contributed by atoms with Crippen molar-refractivity contribution in [3.8, 4) is 12.3 Å². The Bertz CT molecular complexity index is 608. The number of amidine groups is 1. The molecule has 2 amide bonds. The zero-order chi connectivity index (χ0) is 14.3. The second kappa shape index (κ2) is 4.68. The molecule has 1 saturated carbocycles. The molecule has 2 aliphatic rings. The summed E-state index contributed by atoms with van der Waals surface area (Å²) in [6, 6.07) is 7.24. The SMILES string of the molecule is C#CC(C)N1C(=O)N=C(N)C1c1ccc(C2CC2)cc1. The van der Waals surface area contributed by atoms with Gasteiger partial charge in [0, 0.05) is 0 Å². The van der Waals surface area contributed by atoms with E-state index in [0.717, 1.165) is 5.56 Å². The van der Waals surface area contributed by atoms with Crippen molar-refractivity contribution in [1.82, 2.24) is 4.90 Å². The van der Waals surface area contributed by atoms with Gasteiger partial charge in [-0.05, 0) is 36.8 Å². The number of amides is 2. The van der Waals surface area contributed by atoms with E-state index < -0.39 is 0 Å². The van der Waals surface area contributed by atoms with Crippen LogP contribution in [0.3, 0.4) is 0 Å². The van der Waals surface area contributed by atoms with E-state index in [1.54, 1.807) is 11.8 Å². The van der Waals surface area contributed by atoms with E-state index in [1.807, 2.05) is 12.1 Å². The molecule has 0 radical (unpaired) electrons.